The minimum atomic E-state index is -0.764. The lowest BCUT2D eigenvalue weighted by atomic mass is 10.2. The van der Waals surface area contributed by atoms with Gasteiger partial charge in [-0.1, -0.05) is 24.3 Å². The number of benzene rings is 1. The number of aromatic nitrogens is 1. The molecule has 3 nitrogen and oxygen atoms in total. The highest BCUT2D eigenvalue weighted by molar-refractivity contribution is 6.49. The van der Waals surface area contributed by atoms with Gasteiger partial charge in [0.05, 0.1) is 18.0 Å². The Labute approximate surface area is 128 Å². The van der Waals surface area contributed by atoms with Crippen molar-refractivity contribution in [3.05, 3.63) is 59.4 Å². The van der Waals surface area contributed by atoms with Gasteiger partial charge in [0, 0.05) is 11.8 Å². The van der Waals surface area contributed by atoms with Gasteiger partial charge >= 0.3 is 0 Å². The number of rotatable bonds is 5. The van der Waals surface area contributed by atoms with Crippen LogP contribution in [0.5, 0.6) is 5.75 Å². The van der Waals surface area contributed by atoms with Gasteiger partial charge in [-0.3, -0.25) is 9.98 Å². The summed E-state index contributed by atoms with van der Waals surface area (Å²) in [6.45, 7) is 8.91. The number of pyridine rings is 1. The summed E-state index contributed by atoms with van der Waals surface area (Å²) >= 11 is 0. The molecule has 4 heteroatoms. The average molecular weight is 297 g/mol. The maximum atomic E-state index is 5.92. The molecule has 0 saturated heterocycles. The molecule has 0 aliphatic rings. The van der Waals surface area contributed by atoms with E-state index in [1.807, 2.05) is 44.3 Å². The van der Waals surface area contributed by atoms with E-state index >= 15 is 0 Å². The van der Waals surface area contributed by atoms with Gasteiger partial charge in [0.1, 0.15) is 5.75 Å². The molecule has 1 radical (unpaired) electrons. The first-order valence-electron chi connectivity index (χ1n) is 7.06. The van der Waals surface area contributed by atoms with E-state index in [4.69, 9.17) is 4.43 Å². The van der Waals surface area contributed by atoms with Gasteiger partial charge in [-0.15, -0.1) is 0 Å². The van der Waals surface area contributed by atoms with Crippen molar-refractivity contribution in [2.24, 2.45) is 4.99 Å². The second-order valence-corrected chi connectivity index (χ2v) is 7.26. The predicted molar refractivity (Wildman–Crippen MR) is 89.4 cm³/mol. The number of hydrogen-bond donors (Lipinski definition) is 0. The van der Waals surface area contributed by atoms with Crippen molar-refractivity contribution in [1.82, 2.24) is 4.98 Å². The molecule has 0 atom stereocenters. The minimum absolute atomic E-state index is 0.618. The predicted octanol–water partition coefficient (Wildman–Crippen LogP) is 4.03. The molecule has 0 aliphatic carbocycles. The number of aryl methyl sites for hydroxylation is 1. The fraction of sp³-hybridized carbons (Fsp3) is 0.294. The van der Waals surface area contributed by atoms with E-state index in [2.05, 4.69) is 35.2 Å². The summed E-state index contributed by atoms with van der Waals surface area (Å²) in [7, 11) is -0.764. The molecule has 0 N–H and O–H groups in total. The fourth-order valence-electron chi connectivity index (χ4n) is 1.92. The Morgan fingerprint density at radius 2 is 1.95 bits per heavy atom. The Morgan fingerprint density at radius 1 is 1.19 bits per heavy atom. The molecular weight excluding hydrogens is 276 g/mol. The third kappa shape index (κ3) is 4.53. The van der Waals surface area contributed by atoms with E-state index in [1.54, 1.807) is 0 Å². The third-order valence-electron chi connectivity index (χ3n) is 3.06. The van der Waals surface area contributed by atoms with Gasteiger partial charge in [-0.2, -0.15) is 0 Å². The molecule has 2 rings (SSSR count). The van der Waals surface area contributed by atoms with Crippen molar-refractivity contribution < 1.29 is 4.43 Å². The lowest BCUT2D eigenvalue weighted by Crippen LogP contribution is -2.12. The minimum Gasteiger partial charge on any atom is -0.542 e. The van der Waals surface area contributed by atoms with Gasteiger partial charge in [0.25, 0.3) is 9.04 Å². The number of aliphatic imine (C=N–C) groups is 1. The lowest BCUT2D eigenvalue weighted by molar-refractivity contribution is 0.571. The van der Waals surface area contributed by atoms with Gasteiger partial charge in [0.15, 0.2) is 0 Å². The normalized spacial score (nSPS) is 11.8. The van der Waals surface area contributed by atoms with Crippen LogP contribution in [0, 0.1) is 6.92 Å². The molecule has 2 aromatic rings. The maximum Gasteiger partial charge on any atom is 0.274 e. The van der Waals surface area contributed by atoms with Gasteiger partial charge in [0.2, 0.25) is 0 Å². The van der Waals surface area contributed by atoms with Crippen LogP contribution in [0.3, 0.4) is 0 Å². The van der Waals surface area contributed by atoms with Crippen LogP contribution in [0.15, 0.2) is 47.6 Å². The lowest BCUT2D eigenvalue weighted by Gasteiger charge is -2.12. The monoisotopic (exact) mass is 297 g/mol. The van der Waals surface area contributed by atoms with Crippen LogP contribution in [0.25, 0.3) is 0 Å². The SMILES string of the molecule is CC(=NCc1ccccc1O[Si](C)C)c1ccc(C)cn1. The van der Waals surface area contributed by atoms with Crippen molar-refractivity contribution in [2.45, 2.75) is 33.5 Å². The molecule has 0 bridgehead atoms. The summed E-state index contributed by atoms with van der Waals surface area (Å²) < 4.78 is 5.92. The van der Waals surface area contributed by atoms with E-state index in [0.717, 1.165) is 28.3 Å². The molecule has 1 aromatic carbocycles. The van der Waals surface area contributed by atoms with E-state index in [1.165, 1.54) is 0 Å². The largest absolute Gasteiger partial charge is 0.542 e. The Kier molecular flexibility index (Phi) is 5.28. The summed E-state index contributed by atoms with van der Waals surface area (Å²) in [4.78, 5) is 9.05. The first kappa shape index (κ1) is 15.4. The highest BCUT2D eigenvalue weighted by atomic mass is 28.3. The van der Waals surface area contributed by atoms with Gasteiger partial charge in [-0.05, 0) is 44.6 Å². The molecular formula is C17H21N2OSi. The zero-order valence-corrected chi connectivity index (χ0v) is 14.1. The molecule has 1 heterocycles. The van der Waals surface area contributed by atoms with E-state index in [-0.39, 0.29) is 0 Å². The molecule has 0 saturated carbocycles. The van der Waals surface area contributed by atoms with Crippen LogP contribution in [-0.2, 0) is 6.54 Å². The molecule has 1 aromatic heterocycles. The van der Waals surface area contributed by atoms with E-state index in [0.29, 0.717) is 6.54 Å². The summed E-state index contributed by atoms with van der Waals surface area (Å²) in [6.07, 6.45) is 1.87. The summed E-state index contributed by atoms with van der Waals surface area (Å²) in [5.41, 5.74) is 4.15. The van der Waals surface area contributed by atoms with Crippen LogP contribution in [0.1, 0.15) is 23.7 Å². The Hall–Kier alpha value is -1.94. The third-order valence-corrected chi connectivity index (χ3v) is 3.68. The second kappa shape index (κ2) is 7.18. The highest BCUT2D eigenvalue weighted by Crippen LogP contribution is 2.20. The quantitative estimate of drug-likeness (QED) is 0.617. The topological polar surface area (TPSA) is 34.5 Å². The summed E-state index contributed by atoms with van der Waals surface area (Å²) in [5, 5.41) is 0. The van der Waals surface area contributed by atoms with Crippen LogP contribution >= 0.6 is 0 Å². The first-order valence-corrected chi connectivity index (χ1v) is 9.47. The highest BCUT2D eigenvalue weighted by Gasteiger charge is 2.06. The Balaban J connectivity index is 2.14. The van der Waals surface area contributed by atoms with Crippen molar-refractivity contribution >= 4 is 14.8 Å². The van der Waals surface area contributed by atoms with Crippen LogP contribution in [-0.4, -0.2) is 19.7 Å². The van der Waals surface area contributed by atoms with Crippen LogP contribution < -0.4 is 4.43 Å². The van der Waals surface area contributed by atoms with Crippen molar-refractivity contribution in [3.8, 4) is 5.75 Å². The Bertz CT molecular complexity index is 621. The standard InChI is InChI=1S/C17H21N2OSi/c1-13-9-10-16(19-11-13)14(2)18-12-15-7-5-6-8-17(15)20-21(3)4/h5-11H,12H2,1-4H3. The Morgan fingerprint density at radius 3 is 2.62 bits per heavy atom. The number of hydrogen-bond acceptors (Lipinski definition) is 3. The molecule has 0 spiro atoms. The number of para-hydroxylation sites is 1. The van der Waals surface area contributed by atoms with Crippen LogP contribution in [0.4, 0.5) is 0 Å². The first-order chi connectivity index (χ1) is 10.1. The number of nitrogens with zero attached hydrogens (tertiary/aromatic N) is 2. The average Bonchev–Trinajstić information content (AvgIpc) is 2.46. The molecule has 0 fully saturated rings. The molecule has 21 heavy (non-hydrogen) atoms. The smallest absolute Gasteiger partial charge is 0.274 e. The van der Waals surface area contributed by atoms with Crippen molar-refractivity contribution in [3.63, 3.8) is 0 Å². The molecule has 109 valence electrons. The second-order valence-electron chi connectivity index (χ2n) is 5.24. The van der Waals surface area contributed by atoms with Gasteiger partial charge < -0.3 is 4.43 Å². The molecule has 0 unspecified atom stereocenters. The van der Waals surface area contributed by atoms with Crippen molar-refractivity contribution in [2.75, 3.05) is 0 Å². The molecule has 0 aliphatic heterocycles. The van der Waals surface area contributed by atoms with E-state index < -0.39 is 9.04 Å². The zero-order chi connectivity index (χ0) is 15.2. The van der Waals surface area contributed by atoms with Gasteiger partial charge in [-0.25, -0.2) is 0 Å². The van der Waals surface area contributed by atoms with Crippen LogP contribution in [0.2, 0.25) is 13.1 Å². The van der Waals surface area contributed by atoms with E-state index in [9.17, 15) is 0 Å². The fourth-order valence-corrected chi connectivity index (χ4v) is 2.56. The van der Waals surface area contributed by atoms with Crippen molar-refractivity contribution in [1.29, 1.82) is 0 Å². The zero-order valence-electron chi connectivity index (χ0n) is 13.1. The summed E-state index contributed by atoms with van der Waals surface area (Å²) in [5.74, 6) is 0.949. The maximum absolute atomic E-state index is 5.92. The molecule has 0 amide bonds. The summed E-state index contributed by atoms with van der Waals surface area (Å²) in [6, 6.07) is 12.2.